The maximum absolute atomic E-state index is 12.5. The Morgan fingerprint density at radius 3 is 2.70 bits per heavy atom. The zero-order valence-corrected chi connectivity index (χ0v) is 18.3. The van der Waals surface area contributed by atoms with Crippen LogP contribution in [0.15, 0.2) is 24.5 Å². The van der Waals surface area contributed by atoms with Crippen LogP contribution in [-0.4, -0.2) is 54.4 Å². The van der Waals surface area contributed by atoms with Gasteiger partial charge in [-0.1, -0.05) is 6.07 Å². The summed E-state index contributed by atoms with van der Waals surface area (Å²) in [6, 6.07) is 5.84. The first kappa shape index (κ1) is 21.8. The molecule has 0 aliphatic carbocycles. The van der Waals surface area contributed by atoms with Gasteiger partial charge in [-0.05, 0) is 43.5 Å². The van der Waals surface area contributed by atoms with E-state index in [-0.39, 0.29) is 12.5 Å². The summed E-state index contributed by atoms with van der Waals surface area (Å²) in [5.74, 6) is 1.87. The number of nitrogens with one attached hydrogen (secondary N) is 2. The first-order valence-electron chi connectivity index (χ1n) is 9.59. The Morgan fingerprint density at radius 1 is 1.23 bits per heavy atom. The number of rotatable bonds is 9. The number of nitrogens with zero attached hydrogens (tertiary/aromatic N) is 2. The van der Waals surface area contributed by atoms with E-state index in [1.54, 1.807) is 21.1 Å². The number of anilines is 1. The molecule has 160 valence electrons. The summed E-state index contributed by atoms with van der Waals surface area (Å²) in [4.78, 5) is 22.5. The van der Waals surface area contributed by atoms with Crippen LogP contribution in [0.2, 0.25) is 0 Å². The highest BCUT2D eigenvalue weighted by molar-refractivity contribution is 7.20. The van der Waals surface area contributed by atoms with Crippen molar-refractivity contribution in [2.45, 2.75) is 26.4 Å². The zero-order chi connectivity index (χ0) is 21.7. The second-order valence-corrected chi connectivity index (χ2v) is 7.88. The lowest BCUT2D eigenvalue weighted by atomic mass is 10.1. The summed E-state index contributed by atoms with van der Waals surface area (Å²) in [6.07, 6.45) is 1.66. The highest BCUT2D eigenvalue weighted by atomic mass is 32.1. The molecule has 0 radical (unpaired) electrons. The molecule has 1 aromatic carbocycles. The topological polar surface area (TPSA) is 106 Å². The van der Waals surface area contributed by atoms with Gasteiger partial charge in [-0.2, -0.15) is 0 Å². The zero-order valence-electron chi connectivity index (χ0n) is 17.5. The average molecular weight is 431 g/mol. The van der Waals surface area contributed by atoms with E-state index in [0.29, 0.717) is 28.7 Å². The summed E-state index contributed by atoms with van der Waals surface area (Å²) in [7, 11) is 3.23. The van der Waals surface area contributed by atoms with Crippen LogP contribution >= 0.6 is 11.3 Å². The van der Waals surface area contributed by atoms with Gasteiger partial charge in [0, 0.05) is 13.1 Å². The third kappa shape index (κ3) is 4.80. The highest BCUT2D eigenvalue weighted by Gasteiger charge is 2.19. The number of aromatic nitrogens is 2. The van der Waals surface area contributed by atoms with Gasteiger partial charge in [-0.15, -0.1) is 11.3 Å². The van der Waals surface area contributed by atoms with Crippen molar-refractivity contribution in [3.05, 3.63) is 40.5 Å². The van der Waals surface area contributed by atoms with Crippen molar-refractivity contribution < 1.29 is 19.4 Å². The van der Waals surface area contributed by atoms with E-state index in [1.165, 1.54) is 17.7 Å². The van der Waals surface area contributed by atoms with E-state index < -0.39 is 6.10 Å². The number of benzene rings is 1. The summed E-state index contributed by atoms with van der Waals surface area (Å²) >= 11 is 1.32. The van der Waals surface area contributed by atoms with Crippen molar-refractivity contribution in [2.24, 2.45) is 0 Å². The van der Waals surface area contributed by atoms with Gasteiger partial charge in [0.05, 0.1) is 30.6 Å². The molecule has 0 saturated heterocycles. The Balaban J connectivity index is 1.74. The number of methoxy groups -OCH3 is 2. The molecule has 8 nitrogen and oxygen atoms in total. The third-order valence-electron chi connectivity index (χ3n) is 4.65. The minimum Gasteiger partial charge on any atom is -0.493 e. The molecule has 1 atom stereocenters. The van der Waals surface area contributed by atoms with Crippen LogP contribution < -0.4 is 20.1 Å². The highest BCUT2D eigenvalue weighted by Crippen LogP contribution is 2.33. The van der Waals surface area contributed by atoms with Gasteiger partial charge in [0.1, 0.15) is 17.0 Å². The SMILES string of the molecule is COc1ccc(CCNc2ncnc3sc(C(=O)NC[C@@H](C)O)c(C)c23)cc1OC. The molecule has 0 bridgehead atoms. The van der Waals surface area contributed by atoms with E-state index in [2.05, 4.69) is 20.6 Å². The van der Waals surface area contributed by atoms with Crippen LogP contribution in [0.1, 0.15) is 27.7 Å². The predicted octanol–water partition coefficient (Wildman–Crippen LogP) is 2.78. The van der Waals surface area contributed by atoms with Crippen LogP contribution in [0.4, 0.5) is 5.82 Å². The summed E-state index contributed by atoms with van der Waals surface area (Å²) in [5, 5.41) is 16.3. The molecule has 2 aromatic heterocycles. The number of hydrogen-bond donors (Lipinski definition) is 3. The van der Waals surface area contributed by atoms with Crippen LogP contribution in [0.3, 0.4) is 0 Å². The molecule has 30 heavy (non-hydrogen) atoms. The Hall–Kier alpha value is -2.91. The molecule has 0 aliphatic heterocycles. The fraction of sp³-hybridized carbons (Fsp3) is 0.381. The minimum absolute atomic E-state index is 0.203. The van der Waals surface area contributed by atoms with Crippen molar-refractivity contribution in [3.63, 3.8) is 0 Å². The maximum Gasteiger partial charge on any atom is 0.261 e. The Labute approximate surface area is 179 Å². The largest absolute Gasteiger partial charge is 0.493 e. The van der Waals surface area contributed by atoms with E-state index >= 15 is 0 Å². The van der Waals surface area contributed by atoms with E-state index in [9.17, 15) is 9.90 Å². The molecule has 3 rings (SSSR count). The van der Waals surface area contributed by atoms with Gasteiger partial charge in [-0.25, -0.2) is 9.97 Å². The molecule has 3 aromatic rings. The Bertz CT molecular complexity index is 1040. The second kappa shape index (κ2) is 9.73. The van der Waals surface area contributed by atoms with Gasteiger partial charge < -0.3 is 25.2 Å². The summed E-state index contributed by atoms with van der Waals surface area (Å²) in [5.41, 5.74) is 1.93. The lowest BCUT2D eigenvalue weighted by molar-refractivity contribution is 0.0927. The molecule has 1 amide bonds. The van der Waals surface area contributed by atoms with Crippen LogP contribution in [0.5, 0.6) is 11.5 Å². The first-order chi connectivity index (χ1) is 14.4. The third-order valence-corrected chi connectivity index (χ3v) is 5.84. The molecule has 0 unspecified atom stereocenters. The maximum atomic E-state index is 12.5. The van der Waals surface area contributed by atoms with Crippen LogP contribution in [0, 0.1) is 6.92 Å². The molecular formula is C21H26N4O4S. The van der Waals surface area contributed by atoms with Crippen molar-refractivity contribution in [1.29, 1.82) is 0 Å². The number of ether oxygens (including phenoxy) is 2. The summed E-state index contributed by atoms with van der Waals surface area (Å²) < 4.78 is 10.6. The number of aliphatic hydroxyl groups is 1. The summed E-state index contributed by atoms with van der Waals surface area (Å²) in [6.45, 7) is 4.37. The van der Waals surface area contributed by atoms with Crippen LogP contribution in [-0.2, 0) is 6.42 Å². The molecule has 2 heterocycles. The number of thiophene rings is 1. The molecule has 3 N–H and O–H groups in total. The second-order valence-electron chi connectivity index (χ2n) is 6.88. The van der Waals surface area contributed by atoms with Crippen molar-refractivity contribution in [2.75, 3.05) is 32.6 Å². The Morgan fingerprint density at radius 2 is 2.00 bits per heavy atom. The number of aryl methyl sites for hydroxylation is 1. The van der Waals surface area contributed by atoms with Gasteiger partial charge in [0.2, 0.25) is 0 Å². The fourth-order valence-corrected chi connectivity index (χ4v) is 4.17. The number of carbonyl (C=O) groups excluding carboxylic acids is 1. The van der Waals surface area contributed by atoms with Gasteiger partial charge in [0.25, 0.3) is 5.91 Å². The standard InChI is InChI=1S/C21H26N4O4S/c1-12(26)10-23-20(27)18-13(2)17-19(24-11-25-21(17)30-18)22-8-7-14-5-6-15(28-3)16(9-14)29-4/h5-6,9,11-12,26H,7-8,10H2,1-4H3,(H,23,27)(H,22,24,25)/t12-/m1/s1. The molecule has 0 aliphatic rings. The van der Waals surface area contributed by atoms with Gasteiger partial charge >= 0.3 is 0 Å². The number of fused-ring (bicyclic) bond motifs is 1. The molecule has 9 heteroatoms. The minimum atomic E-state index is -0.600. The van der Waals surface area contributed by atoms with E-state index in [0.717, 1.165) is 27.8 Å². The number of amides is 1. The normalized spacial score (nSPS) is 11.9. The van der Waals surface area contributed by atoms with Crippen molar-refractivity contribution in [1.82, 2.24) is 15.3 Å². The molecular weight excluding hydrogens is 404 g/mol. The van der Waals surface area contributed by atoms with Crippen molar-refractivity contribution >= 4 is 33.3 Å². The Kier molecular flexibility index (Phi) is 7.07. The number of hydrogen-bond acceptors (Lipinski definition) is 8. The van der Waals surface area contributed by atoms with Crippen LogP contribution in [0.25, 0.3) is 10.2 Å². The molecule has 0 spiro atoms. The van der Waals surface area contributed by atoms with E-state index in [1.807, 2.05) is 25.1 Å². The molecule has 0 saturated carbocycles. The first-order valence-corrected chi connectivity index (χ1v) is 10.4. The monoisotopic (exact) mass is 430 g/mol. The smallest absolute Gasteiger partial charge is 0.261 e. The van der Waals surface area contributed by atoms with E-state index in [4.69, 9.17) is 9.47 Å². The fourth-order valence-electron chi connectivity index (χ4n) is 3.10. The number of carbonyl (C=O) groups is 1. The molecule has 0 fully saturated rings. The predicted molar refractivity (Wildman–Crippen MR) is 118 cm³/mol. The van der Waals surface area contributed by atoms with Gasteiger partial charge in [0.15, 0.2) is 11.5 Å². The van der Waals surface area contributed by atoms with Crippen molar-refractivity contribution in [3.8, 4) is 11.5 Å². The lowest BCUT2D eigenvalue weighted by Crippen LogP contribution is -2.30. The number of aliphatic hydroxyl groups excluding tert-OH is 1. The van der Waals surface area contributed by atoms with Gasteiger partial charge in [-0.3, -0.25) is 4.79 Å². The lowest BCUT2D eigenvalue weighted by Gasteiger charge is -2.11. The quantitative estimate of drug-likeness (QED) is 0.479. The average Bonchev–Trinajstić information content (AvgIpc) is 3.09.